The van der Waals surface area contributed by atoms with Gasteiger partial charge in [0.2, 0.25) is 0 Å². The average Bonchev–Trinajstić information content (AvgIpc) is 2.97. The minimum absolute atomic E-state index is 0.103. The normalized spacial score (nSPS) is 16.5. The third kappa shape index (κ3) is 8.95. The van der Waals surface area contributed by atoms with Gasteiger partial charge in [0.25, 0.3) is 0 Å². The molecule has 2 aliphatic carbocycles. The Kier molecular flexibility index (Phi) is 10.7. The largest absolute Gasteiger partial charge is 0.289 e. The molecule has 0 spiro atoms. The number of Topliss-reactive ketones (excluding diaryl/α,β-unsaturated/α-hetero) is 2. The Morgan fingerprint density at radius 3 is 0.980 bits per heavy atom. The summed E-state index contributed by atoms with van der Waals surface area (Å²) in [4.78, 5) is 26.5. The summed E-state index contributed by atoms with van der Waals surface area (Å²) in [7, 11) is 0. The number of hydrogen-bond donors (Lipinski definition) is 0. The lowest BCUT2D eigenvalue weighted by molar-refractivity contribution is -0.114. The molecule has 0 bridgehead atoms. The number of aryl methyl sites for hydroxylation is 2. The number of carbonyl (C=O) groups is 2. The second kappa shape index (κ2) is 14.0. The van der Waals surface area contributed by atoms with Crippen LogP contribution in [0.5, 0.6) is 0 Å². The molecule has 0 heterocycles. The first-order valence-corrected chi connectivity index (χ1v) is 17.4. The van der Waals surface area contributed by atoms with Gasteiger partial charge in [-0.25, -0.2) is 0 Å². The molecule has 0 atom stereocenters. The first kappa shape index (κ1) is 38.2. The lowest BCUT2D eigenvalue weighted by Gasteiger charge is -2.31. The van der Waals surface area contributed by atoms with E-state index in [-0.39, 0.29) is 33.2 Å². The van der Waals surface area contributed by atoms with Crippen LogP contribution in [0.25, 0.3) is 11.1 Å². The molecule has 2 aliphatic rings. The quantitative estimate of drug-likeness (QED) is 0.297. The van der Waals surface area contributed by atoms with Crippen molar-refractivity contribution in [2.75, 3.05) is 0 Å². The highest BCUT2D eigenvalue weighted by Crippen LogP contribution is 2.40. The first-order valence-electron chi connectivity index (χ1n) is 17.4. The Morgan fingerprint density at radius 1 is 0.460 bits per heavy atom. The maximum absolute atomic E-state index is 13.2. The van der Waals surface area contributed by atoms with Crippen LogP contribution >= 0.6 is 0 Å². The van der Waals surface area contributed by atoms with Crippen LogP contribution in [0.1, 0.15) is 94.2 Å². The average molecular weight is 671 g/mol. The Balaban J connectivity index is 1.55. The maximum Gasteiger partial charge on any atom is 0.186 e. The molecule has 0 radical (unpaired) electrons. The molecule has 0 saturated heterocycles. The smallest absolute Gasteiger partial charge is 0.186 e. The van der Waals surface area contributed by atoms with Crippen molar-refractivity contribution >= 4 is 22.9 Å². The standard InChI is InChI=1S/C44H54N4O2/c1-27-19-31(15-17-37(27)47-45-25-29-21-33(41(3,4)5)39(49)34(22-29)42(6,7)8)32-16-18-38(28(2)20-32)48-46-26-30-23-35(43(9,10)11)40(50)36(24-30)44(12,13)14/h15-26H,1-14H3/b47-45+,48-46+. The van der Waals surface area contributed by atoms with Crippen molar-refractivity contribution in [3.63, 3.8) is 0 Å². The summed E-state index contributed by atoms with van der Waals surface area (Å²) in [6, 6.07) is 12.3. The minimum atomic E-state index is -0.277. The molecule has 0 fully saturated rings. The van der Waals surface area contributed by atoms with Crippen molar-refractivity contribution in [1.29, 1.82) is 0 Å². The zero-order valence-corrected chi connectivity index (χ0v) is 32.5. The number of benzene rings is 2. The molecule has 262 valence electrons. The molecular weight excluding hydrogens is 617 g/mol. The van der Waals surface area contributed by atoms with E-state index in [2.05, 4.69) is 116 Å². The molecule has 2 aromatic carbocycles. The third-order valence-electron chi connectivity index (χ3n) is 8.93. The first-order chi connectivity index (χ1) is 23.0. The SMILES string of the molecule is Cc1cc(-c2ccc(/N=N/C=C3C=C(C(C)(C)C)C(=O)C(C(C)(C)C)=C3)c(C)c2)ccc1/N=N/C=C1C=C(C(C)(C)C)C(=O)C(C(C)(C)C)=C1. The summed E-state index contributed by atoms with van der Waals surface area (Å²) in [6.45, 7) is 28.8. The van der Waals surface area contributed by atoms with E-state index in [1.165, 1.54) is 0 Å². The van der Waals surface area contributed by atoms with Gasteiger partial charge in [-0.15, -0.1) is 0 Å². The maximum atomic E-state index is 13.2. The van der Waals surface area contributed by atoms with Crippen LogP contribution in [0.3, 0.4) is 0 Å². The van der Waals surface area contributed by atoms with Crippen LogP contribution in [0.4, 0.5) is 11.4 Å². The second-order valence-corrected chi connectivity index (χ2v) is 17.6. The van der Waals surface area contributed by atoms with Gasteiger partial charge in [0.1, 0.15) is 0 Å². The molecule has 6 heteroatoms. The molecule has 0 saturated carbocycles. The number of carbonyl (C=O) groups excluding carboxylic acids is 2. The molecule has 2 aromatic rings. The zero-order chi connectivity index (χ0) is 37.4. The number of rotatable bonds is 5. The monoisotopic (exact) mass is 670 g/mol. The summed E-state index contributed by atoms with van der Waals surface area (Å²) >= 11 is 0. The second-order valence-electron chi connectivity index (χ2n) is 17.6. The predicted molar refractivity (Wildman–Crippen MR) is 207 cm³/mol. The van der Waals surface area contributed by atoms with Crippen LogP contribution in [-0.2, 0) is 9.59 Å². The summed E-state index contributed by atoms with van der Waals surface area (Å²) in [5.74, 6) is 0.207. The Hall–Kier alpha value is -4.58. The van der Waals surface area contributed by atoms with E-state index < -0.39 is 0 Å². The van der Waals surface area contributed by atoms with Crippen molar-refractivity contribution in [2.45, 2.75) is 96.9 Å². The molecule has 6 nitrogen and oxygen atoms in total. The number of azo groups is 2. The molecule has 50 heavy (non-hydrogen) atoms. The Labute approximate surface area is 299 Å². The van der Waals surface area contributed by atoms with Gasteiger partial charge in [0, 0.05) is 22.3 Å². The van der Waals surface area contributed by atoms with Crippen LogP contribution in [0, 0.1) is 35.5 Å². The lowest BCUT2D eigenvalue weighted by Crippen LogP contribution is -2.27. The van der Waals surface area contributed by atoms with Crippen LogP contribution in [0.2, 0.25) is 0 Å². The molecule has 0 N–H and O–H groups in total. The molecule has 4 rings (SSSR count). The van der Waals surface area contributed by atoms with Gasteiger partial charge in [-0.3, -0.25) is 9.59 Å². The van der Waals surface area contributed by atoms with Crippen molar-refractivity contribution in [2.24, 2.45) is 42.1 Å². The van der Waals surface area contributed by atoms with E-state index >= 15 is 0 Å². The van der Waals surface area contributed by atoms with E-state index in [4.69, 9.17) is 0 Å². The molecule has 0 aromatic heterocycles. The molecule has 0 amide bonds. The number of hydrogen-bond acceptors (Lipinski definition) is 6. The zero-order valence-electron chi connectivity index (χ0n) is 32.5. The van der Waals surface area contributed by atoms with Crippen molar-refractivity contribution < 1.29 is 9.59 Å². The summed E-state index contributed by atoms with van der Waals surface area (Å²) in [6.07, 6.45) is 11.2. The van der Waals surface area contributed by atoms with Gasteiger partial charge in [-0.1, -0.05) is 95.2 Å². The van der Waals surface area contributed by atoms with E-state index in [1.54, 1.807) is 12.4 Å². The van der Waals surface area contributed by atoms with Gasteiger partial charge in [0.15, 0.2) is 11.6 Å². The fraction of sp³-hybridized carbons (Fsp3) is 0.409. The highest BCUT2D eigenvalue weighted by atomic mass is 16.1. The van der Waals surface area contributed by atoms with E-state index in [1.807, 2.05) is 62.4 Å². The van der Waals surface area contributed by atoms with Crippen molar-refractivity contribution in [1.82, 2.24) is 0 Å². The number of allylic oxidation sites excluding steroid dienone is 10. The van der Waals surface area contributed by atoms with Gasteiger partial charge in [-0.05, 0) is 117 Å². The van der Waals surface area contributed by atoms with Crippen molar-refractivity contribution in [3.05, 3.63) is 118 Å². The van der Waals surface area contributed by atoms with Crippen molar-refractivity contribution in [3.8, 4) is 11.1 Å². The topological polar surface area (TPSA) is 83.6 Å². The van der Waals surface area contributed by atoms with Crippen LogP contribution in [-0.4, -0.2) is 11.6 Å². The van der Waals surface area contributed by atoms with Gasteiger partial charge in [0.05, 0.1) is 23.8 Å². The fourth-order valence-electron chi connectivity index (χ4n) is 5.89. The van der Waals surface area contributed by atoms with Crippen LogP contribution in [0.15, 0.2) is 127 Å². The minimum Gasteiger partial charge on any atom is -0.289 e. The highest BCUT2D eigenvalue weighted by molar-refractivity contribution is 6.12. The lowest BCUT2D eigenvalue weighted by atomic mass is 9.72. The van der Waals surface area contributed by atoms with Gasteiger partial charge < -0.3 is 0 Å². The highest BCUT2D eigenvalue weighted by Gasteiger charge is 2.35. The predicted octanol–water partition coefficient (Wildman–Crippen LogP) is 13.0. The van der Waals surface area contributed by atoms with Gasteiger partial charge in [-0.2, -0.15) is 20.5 Å². The van der Waals surface area contributed by atoms with E-state index in [0.29, 0.717) is 0 Å². The van der Waals surface area contributed by atoms with E-state index in [0.717, 1.165) is 67.1 Å². The van der Waals surface area contributed by atoms with E-state index in [9.17, 15) is 9.59 Å². The molecule has 0 unspecified atom stereocenters. The molecule has 0 aliphatic heterocycles. The van der Waals surface area contributed by atoms with Gasteiger partial charge >= 0.3 is 0 Å². The summed E-state index contributed by atoms with van der Waals surface area (Å²) < 4.78 is 0. The summed E-state index contributed by atoms with van der Waals surface area (Å²) in [5, 5.41) is 17.9. The Morgan fingerprint density at radius 2 is 0.740 bits per heavy atom. The third-order valence-corrected chi connectivity index (χ3v) is 8.93. The Bertz CT molecular complexity index is 1750. The molecular formula is C44H54N4O2. The number of ketones is 2. The summed E-state index contributed by atoms with van der Waals surface area (Å²) in [5.41, 5.74) is 9.48. The number of nitrogens with zero attached hydrogens (tertiary/aromatic N) is 4. The fourth-order valence-corrected chi connectivity index (χ4v) is 5.89. The van der Waals surface area contributed by atoms with Crippen LogP contribution < -0.4 is 0 Å².